The Morgan fingerprint density at radius 2 is 2.03 bits per heavy atom. The van der Waals surface area contributed by atoms with Crippen molar-refractivity contribution in [3.05, 3.63) is 34.6 Å². The van der Waals surface area contributed by atoms with Gasteiger partial charge in [0.05, 0.1) is 11.2 Å². The topological polar surface area (TPSA) is 108 Å². The van der Waals surface area contributed by atoms with E-state index >= 15 is 0 Å². The van der Waals surface area contributed by atoms with E-state index in [1.807, 2.05) is 6.92 Å². The van der Waals surface area contributed by atoms with E-state index in [2.05, 4.69) is 0 Å². The SMILES string of the molecule is C/C=C(\C)C(=O)O[C@H]1C[C@@H](C)[C@@]2(O)CC[C@@](C)(/C=C3/OC(=O)C(COC(C)=O)=C31)O2. The van der Waals surface area contributed by atoms with Crippen LogP contribution in [0.25, 0.3) is 0 Å². The molecule has 30 heavy (non-hydrogen) atoms. The predicted octanol–water partition coefficient (Wildman–Crippen LogP) is 2.46. The van der Waals surface area contributed by atoms with Crippen molar-refractivity contribution < 1.29 is 38.4 Å². The second kappa shape index (κ2) is 8.00. The maximum atomic E-state index is 12.6. The molecule has 8 heteroatoms. The molecule has 3 aliphatic heterocycles. The van der Waals surface area contributed by atoms with Gasteiger partial charge in [0.2, 0.25) is 0 Å². The van der Waals surface area contributed by atoms with Gasteiger partial charge in [-0.2, -0.15) is 0 Å². The van der Waals surface area contributed by atoms with Crippen LogP contribution < -0.4 is 0 Å². The van der Waals surface area contributed by atoms with E-state index < -0.39 is 41.3 Å². The smallest absolute Gasteiger partial charge is 0.343 e. The van der Waals surface area contributed by atoms with E-state index in [1.165, 1.54) is 6.92 Å². The lowest BCUT2D eigenvalue weighted by atomic mass is 9.86. The molecule has 0 aromatic heterocycles. The number of carbonyl (C=O) groups excluding carboxylic acids is 3. The normalized spacial score (nSPS) is 35.5. The van der Waals surface area contributed by atoms with E-state index in [0.717, 1.165) is 0 Å². The minimum absolute atomic E-state index is 0.118. The summed E-state index contributed by atoms with van der Waals surface area (Å²) >= 11 is 0. The van der Waals surface area contributed by atoms with Crippen LogP contribution in [-0.4, -0.2) is 47.1 Å². The van der Waals surface area contributed by atoms with Gasteiger partial charge in [-0.05, 0) is 39.7 Å². The Kier molecular flexibility index (Phi) is 5.93. The summed E-state index contributed by atoms with van der Waals surface area (Å²) in [5, 5.41) is 11.1. The molecule has 0 amide bonds. The highest BCUT2D eigenvalue weighted by Gasteiger charge is 2.52. The molecule has 1 N–H and O–H groups in total. The first-order chi connectivity index (χ1) is 14.0. The molecule has 3 rings (SSSR count). The van der Waals surface area contributed by atoms with Crippen molar-refractivity contribution in [2.75, 3.05) is 6.61 Å². The number of aliphatic hydroxyl groups is 1. The van der Waals surface area contributed by atoms with Crippen LogP contribution in [0.2, 0.25) is 0 Å². The fourth-order valence-electron chi connectivity index (χ4n) is 3.98. The number of fused-ring (bicyclic) bond motifs is 3. The molecule has 3 heterocycles. The molecule has 0 aromatic rings. The lowest BCUT2D eigenvalue weighted by Gasteiger charge is -2.33. The average molecular weight is 420 g/mol. The van der Waals surface area contributed by atoms with Crippen LogP contribution in [0.4, 0.5) is 0 Å². The maximum Gasteiger partial charge on any atom is 0.343 e. The summed E-state index contributed by atoms with van der Waals surface area (Å²) in [4.78, 5) is 36.5. The summed E-state index contributed by atoms with van der Waals surface area (Å²) in [5.41, 5.74) is 0.0157. The minimum atomic E-state index is -1.40. The third-order valence-electron chi connectivity index (χ3n) is 5.95. The highest BCUT2D eigenvalue weighted by molar-refractivity contribution is 5.96. The van der Waals surface area contributed by atoms with Crippen LogP contribution in [0.3, 0.4) is 0 Å². The third kappa shape index (κ3) is 4.20. The van der Waals surface area contributed by atoms with Gasteiger partial charge >= 0.3 is 17.9 Å². The summed E-state index contributed by atoms with van der Waals surface area (Å²) in [7, 11) is 0. The molecule has 0 spiro atoms. The quantitative estimate of drug-likeness (QED) is 0.420. The number of hydrogen-bond donors (Lipinski definition) is 1. The highest BCUT2D eigenvalue weighted by Crippen LogP contribution is 2.47. The first-order valence-electron chi connectivity index (χ1n) is 10.1. The highest BCUT2D eigenvalue weighted by atomic mass is 16.6. The van der Waals surface area contributed by atoms with Gasteiger partial charge in [-0.1, -0.05) is 13.0 Å². The number of hydrogen-bond acceptors (Lipinski definition) is 8. The Bertz CT molecular complexity index is 866. The molecule has 2 bridgehead atoms. The van der Waals surface area contributed by atoms with Crippen molar-refractivity contribution >= 4 is 17.9 Å². The zero-order chi connectivity index (χ0) is 22.3. The van der Waals surface area contributed by atoms with Crippen LogP contribution >= 0.6 is 0 Å². The molecule has 0 aromatic carbocycles. The average Bonchev–Trinajstić information content (AvgIpc) is 3.14. The molecule has 4 atom stereocenters. The predicted molar refractivity (Wildman–Crippen MR) is 105 cm³/mol. The van der Waals surface area contributed by atoms with Gasteiger partial charge in [-0.25, -0.2) is 9.59 Å². The zero-order valence-electron chi connectivity index (χ0n) is 17.9. The summed E-state index contributed by atoms with van der Waals surface area (Å²) in [5.74, 6) is -3.35. The van der Waals surface area contributed by atoms with Gasteiger partial charge < -0.3 is 24.1 Å². The number of rotatable bonds is 4. The maximum absolute atomic E-state index is 12.6. The largest absolute Gasteiger partial charge is 0.461 e. The monoisotopic (exact) mass is 420 g/mol. The van der Waals surface area contributed by atoms with Crippen molar-refractivity contribution in [2.24, 2.45) is 5.92 Å². The van der Waals surface area contributed by atoms with Gasteiger partial charge in [0.15, 0.2) is 5.79 Å². The first-order valence-corrected chi connectivity index (χ1v) is 10.1. The molecule has 1 saturated heterocycles. The number of ether oxygens (including phenoxy) is 4. The lowest BCUT2D eigenvalue weighted by Crippen LogP contribution is -2.40. The van der Waals surface area contributed by atoms with E-state index in [1.54, 1.807) is 32.9 Å². The Morgan fingerprint density at radius 1 is 1.33 bits per heavy atom. The van der Waals surface area contributed by atoms with E-state index in [0.29, 0.717) is 24.0 Å². The molecular weight excluding hydrogens is 392 g/mol. The van der Waals surface area contributed by atoms with E-state index in [-0.39, 0.29) is 24.4 Å². The molecular formula is C22H28O8. The van der Waals surface area contributed by atoms with Gasteiger partial charge in [-0.3, -0.25) is 4.79 Å². The molecule has 0 aliphatic carbocycles. The van der Waals surface area contributed by atoms with Crippen molar-refractivity contribution in [1.82, 2.24) is 0 Å². The second-order valence-corrected chi connectivity index (χ2v) is 8.33. The summed E-state index contributed by atoms with van der Waals surface area (Å²) in [6, 6.07) is 0. The van der Waals surface area contributed by atoms with Gasteiger partial charge in [0, 0.05) is 30.4 Å². The lowest BCUT2D eigenvalue weighted by molar-refractivity contribution is -0.238. The van der Waals surface area contributed by atoms with E-state index in [9.17, 15) is 19.5 Å². The molecule has 1 fully saturated rings. The summed E-state index contributed by atoms with van der Waals surface area (Å²) in [6.45, 7) is 7.90. The van der Waals surface area contributed by atoms with Gasteiger partial charge in [0.25, 0.3) is 0 Å². The van der Waals surface area contributed by atoms with Crippen LogP contribution in [-0.2, 0) is 33.3 Å². The molecule has 0 radical (unpaired) electrons. The summed E-state index contributed by atoms with van der Waals surface area (Å²) in [6.07, 6.45) is 3.51. The minimum Gasteiger partial charge on any atom is -0.461 e. The Hall–Kier alpha value is -2.45. The number of carbonyl (C=O) groups is 3. The van der Waals surface area contributed by atoms with Gasteiger partial charge in [-0.15, -0.1) is 0 Å². The fourth-order valence-corrected chi connectivity index (χ4v) is 3.98. The van der Waals surface area contributed by atoms with E-state index in [4.69, 9.17) is 18.9 Å². The number of esters is 3. The third-order valence-corrected chi connectivity index (χ3v) is 5.95. The van der Waals surface area contributed by atoms with Crippen LogP contribution in [0.5, 0.6) is 0 Å². The summed E-state index contributed by atoms with van der Waals surface area (Å²) < 4.78 is 22.3. The zero-order valence-corrected chi connectivity index (χ0v) is 17.9. The molecule has 8 nitrogen and oxygen atoms in total. The molecule has 3 aliphatic rings. The Morgan fingerprint density at radius 3 is 2.67 bits per heavy atom. The van der Waals surface area contributed by atoms with Crippen molar-refractivity contribution in [2.45, 2.75) is 71.4 Å². The Balaban J connectivity index is 2.12. The molecule has 164 valence electrons. The first kappa shape index (κ1) is 22.2. The standard InChI is InChI=1S/C22H28O8/c1-6-12(2)19(24)28-16-9-13(3)22(26)8-7-21(5,30-22)10-17-18(16)15(20(25)29-17)11-27-14(4)23/h6,10,13,16,26H,7-9,11H2,1-5H3/b12-6+,17-10+/t13-,16+,21+,22-/m1/s1. The molecule has 0 saturated carbocycles. The van der Waals surface area contributed by atoms with Crippen molar-refractivity contribution in [3.63, 3.8) is 0 Å². The fraction of sp³-hybridized carbons (Fsp3) is 0.591. The van der Waals surface area contributed by atoms with Crippen LogP contribution in [0, 0.1) is 5.92 Å². The molecule has 0 unspecified atom stereocenters. The van der Waals surface area contributed by atoms with Crippen LogP contribution in [0.15, 0.2) is 34.6 Å². The van der Waals surface area contributed by atoms with Crippen molar-refractivity contribution in [1.29, 1.82) is 0 Å². The van der Waals surface area contributed by atoms with Crippen molar-refractivity contribution in [3.8, 4) is 0 Å². The van der Waals surface area contributed by atoms with Crippen LogP contribution in [0.1, 0.15) is 53.9 Å². The second-order valence-electron chi connectivity index (χ2n) is 8.33. The number of allylic oxidation sites excluding steroid dienone is 1. The Labute approximate surface area is 175 Å². The van der Waals surface area contributed by atoms with Gasteiger partial charge in [0.1, 0.15) is 18.5 Å².